The zero-order valence-corrected chi connectivity index (χ0v) is 12.1. The molecule has 0 amide bonds. The van der Waals surface area contributed by atoms with Gasteiger partial charge < -0.3 is 19.9 Å². The van der Waals surface area contributed by atoms with E-state index in [0.717, 1.165) is 31.8 Å². The fourth-order valence-electron chi connectivity index (χ4n) is 3.17. The summed E-state index contributed by atoms with van der Waals surface area (Å²) in [5.41, 5.74) is 3.97. The second-order valence-electron chi connectivity index (χ2n) is 5.52. The number of nitrogens with zero attached hydrogens (tertiary/aromatic N) is 1. The Morgan fingerprint density at radius 1 is 1.29 bits per heavy atom. The Kier molecular flexibility index (Phi) is 2.97. The van der Waals surface area contributed by atoms with E-state index in [1.165, 1.54) is 27.5 Å². The number of anilines is 1. The fraction of sp³-hybridized carbons (Fsp3) is 0.294. The lowest BCUT2D eigenvalue weighted by Gasteiger charge is -2.21. The molecule has 3 heterocycles. The van der Waals surface area contributed by atoms with Gasteiger partial charge in [-0.15, -0.1) is 0 Å². The van der Waals surface area contributed by atoms with Gasteiger partial charge in [-0.05, 0) is 36.7 Å². The topological polar surface area (TPSA) is 40.3 Å². The lowest BCUT2D eigenvalue weighted by Crippen LogP contribution is -2.36. The van der Waals surface area contributed by atoms with Crippen molar-refractivity contribution in [3.63, 3.8) is 0 Å². The first-order chi connectivity index (χ1) is 10.3. The van der Waals surface area contributed by atoms with Gasteiger partial charge in [0.05, 0.1) is 7.11 Å². The molecule has 0 bridgehead atoms. The Morgan fingerprint density at radius 3 is 3.14 bits per heavy atom. The Labute approximate surface area is 123 Å². The number of nitrogens with one attached hydrogen (secondary N) is 2. The lowest BCUT2D eigenvalue weighted by atomic mass is 10.1. The smallest absolute Gasteiger partial charge is 0.120 e. The van der Waals surface area contributed by atoms with Crippen molar-refractivity contribution in [1.82, 2.24) is 10.3 Å². The van der Waals surface area contributed by atoms with Crippen LogP contribution in [0.25, 0.3) is 12.3 Å². The largest absolute Gasteiger partial charge is 0.497 e. The van der Waals surface area contributed by atoms with Crippen molar-refractivity contribution in [2.45, 2.75) is 13.0 Å². The number of aromatic amines is 1. The highest BCUT2D eigenvalue weighted by Gasteiger charge is 2.16. The number of hydrogen-bond donors (Lipinski definition) is 2. The van der Waals surface area contributed by atoms with Crippen LogP contribution in [0, 0.1) is 0 Å². The average Bonchev–Trinajstić information content (AvgIpc) is 2.92. The van der Waals surface area contributed by atoms with Crippen molar-refractivity contribution in [2.75, 3.05) is 25.1 Å². The molecular formula is C17H19N3O. The summed E-state index contributed by atoms with van der Waals surface area (Å²) < 4.78 is 5.33. The first kappa shape index (κ1) is 12.5. The van der Waals surface area contributed by atoms with Crippen molar-refractivity contribution in [2.24, 2.45) is 0 Å². The van der Waals surface area contributed by atoms with E-state index in [1.807, 2.05) is 12.1 Å². The third kappa shape index (κ3) is 2.12. The van der Waals surface area contributed by atoms with Crippen LogP contribution < -0.4 is 25.5 Å². The quantitative estimate of drug-likeness (QED) is 0.852. The molecule has 1 aromatic carbocycles. The number of hydrogen-bond acceptors (Lipinski definition) is 3. The molecule has 0 aliphatic carbocycles. The van der Waals surface area contributed by atoms with E-state index in [2.05, 4.69) is 39.6 Å². The van der Waals surface area contributed by atoms with E-state index in [-0.39, 0.29) is 0 Å². The van der Waals surface area contributed by atoms with Gasteiger partial charge in [0.1, 0.15) is 5.75 Å². The number of benzene rings is 1. The maximum absolute atomic E-state index is 5.33. The van der Waals surface area contributed by atoms with Gasteiger partial charge in [0.2, 0.25) is 0 Å². The summed E-state index contributed by atoms with van der Waals surface area (Å²) in [5.74, 6) is 0.895. The van der Waals surface area contributed by atoms with Crippen LogP contribution >= 0.6 is 0 Å². The number of ether oxygens (including phenoxy) is 1. The van der Waals surface area contributed by atoms with E-state index < -0.39 is 0 Å². The predicted octanol–water partition coefficient (Wildman–Crippen LogP) is 0.708. The molecule has 2 N–H and O–H groups in total. The fourth-order valence-corrected chi connectivity index (χ4v) is 3.17. The maximum atomic E-state index is 5.33. The molecular weight excluding hydrogens is 262 g/mol. The van der Waals surface area contributed by atoms with Crippen LogP contribution in [0.2, 0.25) is 0 Å². The lowest BCUT2D eigenvalue weighted by molar-refractivity contribution is 0.415. The zero-order valence-electron chi connectivity index (χ0n) is 12.1. The summed E-state index contributed by atoms with van der Waals surface area (Å²) >= 11 is 0. The molecule has 2 aromatic rings. The van der Waals surface area contributed by atoms with E-state index >= 15 is 0 Å². The molecule has 21 heavy (non-hydrogen) atoms. The molecule has 4 nitrogen and oxygen atoms in total. The Balaban J connectivity index is 1.79. The third-order valence-corrected chi connectivity index (χ3v) is 4.28. The van der Waals surface area contributed by atoms with Crippen LogP contribution in [0.1, 0.15) is 11.3 Å². The summed E-state index contributed by atoms with van der Waals surface area (Å²) in [6, 6.07) is 8.22. The molecule has 4 heteroatoms. The van der Waals surface area contributed by atoms with Gasteiger partial charge >= 0.3 is 0 Å². The zero-order chi connectivity index (χ0) is 14.2. The average molecular weight is 281 g/mol. The summed E-state index contributed by atoms with van der Waals surface area (Å²) in [6.45, 7) is 2.89. The van der Waals surface area contributed by atoms with Crippen LogP contribution in [0.4, 0.5) is 5.69 Å². The number of methoxy groups -OCH3 is 1. The first-order valence-electron chi connectivity index (χ1n) is 7.38. The molecule has 2 aliphatic rings. The third-order valence-electron chi connectivity index (χ3n) is 4.28. The van der Waals surface area contributed by atoms with Gasteiger partial charge in [0, 0.05) is 47.3 Å². The molecule has 0 spiro atoms. The second kappa shape index (κ2) is 4.97. The second-order valence-corrected chi connectivity index (χ2v) is 5.52. The Morgan fingerprint density at radius 2 is 2.24 bits per heavy atom. The molecule has 0 fully saturated rings. The van der Waals surface area contributed by atoms with Crippen molar-refractivity contribution < 1.29 is 4.74 Å². The maximum Gasteiger partial charge on any atom is 0.120 e. The Bertz CT molecular complexity index is 791. The number of rotatable bonds is 2. The van der Waals surface area contributed by atoms with Crippen LogP contribution in [-0.2, 0) is 13.0 Å². The minimum atomic E-state index is 0.882. The van der Waals surface area contributed by atoms with Gasteiger partial charge in [-0.25, -0.2) is 0 Å². The minimum Gasteiger partial charge on any atom is -0.497 e. The van der Waals surface area contributed by atoms with Gasteiger partial charge in [-0.2, -0.15) is 0 Å². The highest BCUT2D eigenvalue weighted by molar-refractivity contribution is 5.65. The SMILES string of the molecule is COc1cccc(N2C=c3c4c([nH]c3=CC2)CNCC4)c1. The normalized spacial score (nSPS) is 16.5. The molecule has 1 aromatic heterocycles. The first-order valence-corrected chi connectivity index (χ1v) is 7.38. The number of H-pyrrole nitrogens is 1. The van der Waals surface area contributed by atoms with Crippen LogP contribution in [0.15, 0.2) is 24.3 Å². The molecule has 108 valence electrons. The molecule has 2 aliphatic heterocycles. The summed E-state index contributed by atoms with van der Waals surface area (Å²) in [7, 11) is 1.71. The predicted molar refractivity (Wildman–Crippen MR) is 84.7 cm³/mol. The van der Waals surface area contributed by atoms with E-state index in [0.29, 0.717) is 0 Å². The van der Waals surface area contributed by atoms with Gasteiger partial charge in [0.25, 0.3) is 0 Å². The highest BCUT2D eigenvalue weighted by Crippen LogP contribution is 2.22. The standard InChI is InChI=1S/C17H19N3O/c1-21-13-4-2-3-12(9-13)20-8-6-16-15(11-20)14-5-7-18-10-17(14)19-16/h2-4,6,9,11,18-19H,5,7-8,10H2,1H3. The number of fused-ring (bicyclic) bond motifs is 3. The van der Waals surface area contributed by atoms with E-state index in [1.54, 1.807) is 7.11 Å². The van der Waals surface area contributed by atoms with Crippen molar-refractivity contribution in [3.8, 4) is 5.75 Å². The molecule has 0 saturated heterocycles. The van der Waals surface area contributed by atoms with Crippen molar-refractivity contribution in [1.29, 1.82) is 0 Å². The monoisotopic (exact) mass is 281 g/mol. The van der Waals surface area contributed by atoms with Crippen LogP contribution in [-0.4, -0.2) is 25.2 Å². The molecule has 0 unspecified atom stereocenters. The Hall–Kier alpha value is -2.20. The van der Waals surface area contributed by atoms with Gasteiger partial charge in [-0.1, -0.05) is 6.07 Å². The molecule has 0 atom stereocenters. The molecule has 0 saturated carbocycles. The van der Waals surface area contributed by atoms with Crippen LogP contribution in [0.5, 0.6) is 5.75 Å². The molecule has 4 rings (SSSR count). The van der Waals surface area contributed by atoms with Gasteiger partial charge in [-0.3, -0.25) is 0 Å². The van der Waals surface area contributed by atoms with E-state index in [4.69, 9.17) is 4.74 Å². The number of aromatic nitrogens is 1. The minimum absolute atomic E-state index is 0.882. The van der Waals surface area contributed by atoms with Crippen LogP contribution in [0.3, 0.4) is 0 Å². The molecule has 0 radical (unpaired) electrons. The van der Waals surface area contributed by atoms with E-state index in [9.17, 15) is 0 Å². The van der Waals surface area contributed by atoms with Gasteiger partial charge in [0.15, 0.2) is 0 Å². The summed E-state index contributed by atoms with van der Waals surface area (Å²) in [5, 5.41) is 6.03. The summed E-state index contributed by atoms with van der Waals surface area (Å²) in [6.07, 6.45) is 5.63. The summed E-state index contributed by atoms with van der Waals surface area (Å²) in [4.78, 5) is 5.83. The van der Waals surface area contributed by atoms with Crippen molar-refractivity contribution >= 4 is 18.0 Å². The highest BCUT2D eigenvalue weighted by atomic mass is 16.5. The van der Waals surface area contributed by atoms with Crippen molar-refractivity contribution in [3.05, 3.63) is 46.1 Å².